The third-order valence-corrected chi connectivity index (χ3v) is 2.29. The maximum atomic E-state index is 12.0. The molecule has 7 heteroatoms. The standard InChI is InChI=1S/C10H13N3O3S/c1-15-6-4-3-5-7(16-2)8(6)9(14)13(12)10(11)17/h3-5H,12H2,1-2H3,(H2,11,17). The van der Waals surface area contributed by atoms with E-state index in [9.17, 15) is 4.79 Å². The average molecular weight is 255 g/mol. The van der Waals surface area contributed by atoms with Crippen molar-refractivity contribution < 1.29 is 14.3 Å². The number of carbonyl (C=O) groups is 1. The lowest BCUT2D eigenvalue weighted by molar-refractivity contribution is 0.0841. The van der Waals surface area contributed by atoms with Gasteiger partial charge in [-0.3, -0.25) is 4.79 Å². The zero-order chi connectivity index (χ0) is 13.0. The predicted octanol–water partition coefficient (Wildman–Crippen LogP) is 0.263. The molecule has 0 saturated carbocycles. The van der Waals surface area contributed by atoms with E-state index >= 15 is 0 Å². The maximum absolute atomic E-state index is 12.0. The molecule has 0 bridgehead atoms. The molecule has 4 N–H and O–H groups in total. The summed E-state index contributed by atoms with van der Waals surface area (Å²) in [4.78, 5) is 12.0. The molecule has 0 radical (unpaired) electrons. The molecule has 0 saturated heterocycles. The van der Waals surface area contributed by atoms with Gasteiger partial charge in [0.1, 0.15) is 17.1 Å². The van der Waals surface area contributed by atoms with Gasteiger partial charge in [-0.25, -0.2) is 10.9 Å². The number of nitrogens with two attached hydrogens (primary N) is 2. The van der Waals surface area contributed by atoms with Crippen LogP contribution in [-0.4, -0.2) is 30.2 Å². The fourth-order valence-electron chi connectivity index (χ4n) is 1.28. The van der Waals surface area contributed by atoms with Gasteiger partial charge in [-0.1, -0.05) is 6.07 Å². The Morgan fingerprint density at radius 3 is 2.12 bits per heavy atom. The molecule has 1 rings (SSSR count). The van der Waals surface area contributed by atoms with Crippen LogP contribution in [0.3, 0.4) is 0 Å². The van der Waals surface area contributed by atoms with Crippen LogP contribution < -0.4 is 21.1 Å². The van der Waals surface area contributed by atoms with Crippen LogP contribution in [0.5, 0.6) is 11.5 Å². The van der Waals surface area contributed by atoms with Crippen molar-refractivity contribution in [2.45, 2.75) is 0 Å². The first kappa shape index (κ1) is 13.2. The number of carbonyl (C=O) groups excluding carboxylic acids is 1. The topological polar surface area (TPSA) is 90.8 Å². The molecule has 6 nitrogen and oxygen atoms in total. The van der Waals surface area contributed by atoms with E-state index in [0.29, 0.717) is 16.5 Å². The summed E-state index contributed by atoms with van der Waals surface area (Å²) in [6, 6.07) is 4.92. The van der Waals surface area contributed by atoms with Gasteiger partial charge in [0.15, 0.2) is 5.11 Å². The monoisotopic (exact) mass is 255 g/mol. The fraction of sp³-hybridized carbons (Fsp3) is 0.200. The summed E-state index contributed by atoms with van der Waals surface area (Å²) < 4.78 is 10.1. The number of amides is 1. The summed E-state index contributed by atoms with van der Waals surface area (Å²) in [5, 5.41) is 0.429. The number of methoxy groups -OCH3 is 2. The van der Waals surface area contributed by atoms with E-state index in [-0.39, 0.29) is 10.7 Å². The third kappa shape index (κ3) is 2.63. The molecule has 92 valence electrons. The molecule has 0 atom stereocenters. The molecule has 1 aromatic carbocycles. The van der Waals surface area contributed by atoms with Crippen molar-refractivity contribution in [2.24, 2.45) is 11.6 Å². The normalized spacial score (nSPS) is 9.59. The van der Waals surface area contributed by atoms with Crippen molar-refractivity contribution in [3.63, 3.8) is 0 Å². The first-order valence-corrected chi connectivity index (χ1v) is 5.03. The van der Waals surface area contributed by atoms with Crippen LogP contribution in [0.1, 0.15) is 10.4 Å². The molecule has 17 heavy (non-hydrogen) atoms. The van der Waals surface area contributed by atoms with Crippen molar-refractivity contribution in [3.05, 3.63) is 23.8 Å². The van der Waals surface area contributed by atoms with E-state index in [1.807, 2.05) is 0 Å². The second-order valence-electron chi connectivity index (χ2n) is 3.05. The Bertz CT molecular complexity index is 428. The zero-order valence-electron chi connectivity index (χ0n) is 9.47. The number of hydrogen-bond donors (Lipinski definition) is 2. The van der Waals surface area contributed by atoms with Gasteiger partial charge in [-0.15, -0.1) is 0 Å². The Balaban J connectivity index is 3.27. The van der Waals surface area contributed by atoms with Crippen LogP contribution in [-0.2, 0) is 0 Å². The van der Waals surface area contributed by atoms with E-state index in [1.165, 1.54) is 14.2 Å². The molecule has 1 amide bonds. The second kappa shape index (κ2) is 5.46. The summed E-state index contributed by atoms with van der Waals surface area (Å²) >= 11 is 4.63. The average Bonchev–Trinajstić information content (AvgIpc) is 2.35. The van der Waals surface area contributed by atoms with Crippen molar-refractivity contribution in [1.29, 1.82) is 0 Å². The highest BCUT2D eigenvalue weighted by Crippen LogP contribution is 2.28. The van der Waals surface area contributed by atoms with Crippen molar-refractivity contribution in [3.8, 4) is 11.5 Å². The highest BCUT2D eigenvalue weighted by atomic mass is 32.1. The Kier molecular flexibility index (Phi) is 4.24. The summed E-state index contributed by atoms with van der Waals surface area (Å²) in [7, 11) is 2.88. The summed E-state index contributed by atoms with van der Waals surface area (Å²) in [5.74, 6) is 5.52. The number of hydrogen-bond acceptors (Lipinski definition) is 5. The number of nitrogens with zero attached hydrogens (tertiary/aromatic N) is 1. The van der Waals surface area contributed by atoms with E-state index < -0.39 is 5.91 Å². The summed E-state index contributed by atoms with van der Waals surface area (Å²) in [5.41, 5.74) is 5.46. The lowest BCUT2D eigenvalue weighted by atomic mass is 10.1. The Labute approximate surface area is 104 Å². The minimum Gasteiger partial charge on any atom is -0.496 e. The number of benzene rings is 1. The first-order chi connectivity index (χ1) is 8.02. The highest BCUT2D eigenvalue weighted by molar-refractivity contribution is 7.80. The van der Waals surface area contributed by atoms with E-state index in [2.05, 4.69) is 12.2 Å². The lowest BCUT2D eigenvalue weighted by Crippen LogP contribution is -2.45. The highest BCUT2D eigenvalue weighted by Gasteiger charge is 2.23. The SMILES string of the molecule is COc1cccc(OC)c1C(=O)N(N)C(N)=S. The number of thiocarbonyl (C=S) groups is 1. The van der Waals surface area contributed by atoms with Crippen LogP contribution in [0.25, 0.3) is 0 Å². The van der Waals surface area contributed by atoms with Crippen molar-refractivity contribution in [1.82, 2.24) is 5.01 Å². The molecule has 0 spiro atoms. The van der Waals surface area contributed by atoms with Crippen LogP contribution >= 0.6 is 12.2 Å². The third-order valence-electron chi connectivity index (χ3n) is 2.10. The zero-order valence-corrected chi connectivity index (χ0v) is 10.3. The number of ether oxygens (including phenoxy) is 2. The van der Waals surface area contributed by atoms with E-state index in [1.54, 1.807) is 18.2 Å². The lowest BCUT2D eigenvalue weighted by Gasteiger charge is -2.17. The van der Waals surface area contributed by atoms with Gasteiger partial charge < -0.3 is 15.2 Å². The molecule has 0 unspecified atom stereocenters. The molecular formula is C10H13N3O3S. The van der Waals surface area contributed by atoms with Gasteiger partial charge in [0.2, 0.25) is 0 Å². The van der Waals surface area contributed by atoms with Crippen LogP contribution in [0, 0.1) is 0 Å². The smallest absolute Gasteiger partial charge is 0.281 e. The molecule has 0 aliphatic heterocycles. The van der Waals surface area contributed by atoms with Gasteiger partial charge >= 0.3 is 0 Å². The molecule has 1 aromatic rings. The Morgan fingerprint density at radius 2 is 1.76 bits per heavy atom. The number of rotatable bonds is 3. The second-order valence-corrected chi connectivity index (χ2v) is 3.47. The minimum atomic E-state index is -0.591. The molecule has 0 heterocycles. The summed E-state index contributed by atoms with van der Waals surface area (Å²) in [6.07, 6.45) is 0. The minimum absolute atomic E-state index is 0.174. The van der Waals surface area contributed by atoms with Gasteiger partial charge in [-0.2, -0.15) is 0 Å². The molecule has 0 fully saturated rings. The predicted molar refractivity (Wildman–Crippen MR) is 66.7 cm³/mol. The van der Waals surface area contributed by atoms with Gasteiger partial charge in [0, 0.05) is 0 Å². The largest absolute Gasteiger partial charge is 0.496 e. The van der Waals surface area contributed by atoms with E-state index in [4.69, 9.17) is 21.1 Å². The van der Waals surface area contributed by atoms with Crippen LogP contribution in [0.15, 0.2) is 18.2 Å². The Hall–Kier alpha value is -1.86. The van der Waals surface area contributed by atoms with Gasteiger partial charge in [-0.05, 0) is 24.4 Å². The van der Waals surface area contributed by atoms with Gasteiger partial charge in [0.25, 0.3) is 5.91 Å². The van der Waals surface area contributed by atoms with Crippen molar-refractivity contribution in [2.75, 3.05) is 14.2 Å². The summed E-state index contributed by atoms with van der Waals surface area (Å²) in [6.45, 7) is 0. The van der Waals surface area contributed by atoms with Crippen molar-refractivity contribution >= 4 is 23.2 Å². The molecule has 0 aliphatic carbocycles. The molecular weight excluding hydrogens is 242 g/mol. The fourth-order valence-corrected chi connectivity index (χ4v) is 1.37. The van der Waals surface area contributed by atoms with E-state index in [0.717, 1.165) is 0 Å². The molecule has 0 aliphatic rings. The van der Waals surface area contributed by atoms with Gasteiger partial charge in [0.05, 0.1) is 14.2 Å². The quantitative estimate of drug-likeness (QED) is 0.348. The Morgan fingerprint density at radius 1 is 1.29 bits per heavy atom. The molecule has 0 aromatic heterocycles. The first-order valence-electron chi connectivity index (χ1n) is 4.62. The number of hydrazine groups is 1. The maximum Gasteiger partial charge on any atom is 0.281 e. The van der Waals surface area contributed by atoms with Crippen LogP contribution in [0.4, 0.5) is 0 Å². The van der Waals surface area contributed by atoms with Crippen LogP contribution in [0.2, 0.25) is 0 Å².